The number of rotatable bonds is 3. The SMILES string of the molecule is CN1C(=O)[C@H](NC(=O)OC(C)(C)C)Cc2cccc(/C=C/c3ccccc3)c21. The maximum Gasteiger partial charge on any atom is 0.408 e. The van der Waals surface area contributed by atoms with Crippen molar-refractivity contribution in [3.63, 3.8) is 0 Å². The van der Waals surface area contributed by atoms with Crippen LogP contribution >= 0.6 is 0 Å². The first-order chi connectivity index (χ1) is 13.2. The van der Waals surface area contributed by atoms with Gasteiger partial charge in [0.1, 0.15) is 11.6 Å². The Morgan fingerprint density at radius 1 is 1.11 bits per heavy atom. The summed E-state index contributed by atoms with van der Waals surface area (Å²) >= 11 is 0. The second-order valence-corrected chi connectivity index (χ2v) is 7.90. The molecule has 2 aromatic carbocycles. The molecular formula is C23H26N2O3. The number of likely N-dealkylation sites (N-methyl/N-ethyl adjacent to an activating group) is 1. The first kappa shape index (κ1) is 19.7. The van der Waals surface area contributed by atoms with Crippen molar-refractivity contribution in [1.29, 1.82) is 0 Å². The zero-order valence-electron chi connectivity index (χ0n) is 16.7. The zero-order valence-corrected chi connectivity index (χ0v) is 16.7. The molecule has 0 radical (unpaired) electrons. The summed E-state index contributed by atoms with van der Waals surface area (Å²) in [5.74, 6) is -0.154. The summed E-state index contributed by atoms with van der Waals surface area (Å²) in [6, 6.07) is 15.3. The fourth-order valence-electron chi connectivity index (χ4n) is 3.28. The van der Waals surface area contributed by atoms with Crippen molar-refractivity contribution >= 4 is 29.8 Å². The molecule has 1 N–H and O–H groups in total. The van der Waals surface area contributed by atoms with Gasteiger partial charge in [-0.3, -0.25) is 4.79 Å². The molecule has 2 aromatic rings. The topological polar surface area (TPSA) is 58.6 Å². The minimum atomic E-state index is -0.638. The van der Waals surface area contributed by atoms with Crippen LogP contribution in [0.25, 0.3) is 12.2 Å². The van der Waals surface area contributed by atoms with E-state index in [-0.39, 0.29) is 5.91 Å². The van der Waals surface area contributed by atoms with E-state index < -0.39 is 17.7 Å². The summed E-state index contributed by atoms with van der Waals surface area (Å²) in [4.78, 5) is 26.6. The molecule has 2 amide bonds. The smallest absolute Gasteiger partial charge is 0.408 e. The van der Waals surface area contributed by atoms with Gasteiger partial charge in [-0.1, -0.05) is 60.7 Å². The number of hydrogen-bond donors (Lipinski definition) is 1. The molecule has 5 heteroatoms. The van der Waals surface area contributed by atoms with Gasteiger partial charge in [0.15, 0.2) is 0 Å². The minimum absolute atomic E-state index is 0.154. The lowest BCUT2D eigenvalue weighted by Gasteiger charge is -2.33. The fraction of sp³-hybridized carbons (Fsp3) is 0.304. The Hall–Kier alpha value is -3.08. The first-order valence-corrected chi connectivity index (χ1v) is 9.37. The van der Waals surface area contributed by atoms with E-state index in [4.69, 9.17) is 4.74 Å². The Labute approximate surface area is 166 Å². The number of fused-ring (bicyclic) bond motifs is 1. The number of alkyl carbamates (subject to hydrolysis) is 1. The lowest BCUT2D eigenvalue weighted by atomic mass is 9.94. The van der Waals surface area contributed by atoms with E-state index >= 15 is 0 Å². The van der Waals surface area contributed by atoms with Gasteiger partial charge in [-0.05, 0) is 37.5 Å². The van der Waals surface area contributed by atoms with Crippen molar-refractivity contribution in [3.8, 4) is 0 Å². The van der Waals surface area contributed by atoms with Crippen LogP contribution in [0.4, 0.5) is 10.5 Å². The summed E-state index contributed by atoms with van der Waals surface area (Å²) in [7, 11) is 1.74. The third-order valence-corrected chi connectivity index (χ3v) is 4.48. The Morgan fingerprint density at radius 2 is 1.82 bits per heavy atom. The van der Waals surface area contributed by atoms with E-state index in [1.54, 1.807) is 32.7 Å². The van der Waals surface area contributed by atoms with Crippen molar-refractivity contribution in [3.05, 3.63) is 65.2 Å². The van der Waals surface area contributed by atoms with Crippen LogP contribution in [0, 0.1) is 0 Å². The normalized spacial score (nSPS) is 16.8. The lowest BCUT2D eigenvalue weighted by molar-refractivity contribution is -0.120. The van der Waals surface area contributed by atoms with Gasteiger partial charge in [0.25, 0.3) is 0 Å². The monoisotopic (exact) mass is 378 g/mol. The third-order valence-electron chi connectivity index (χ3n) is 4.48. The van der Waals surface area contributed by atoms with E-state index in [0.717, 1.165) is 22.4 Å². The molecule has 0 aliphatic carbocycles. The van der Waals surface area contributed by atoms with Crippen LogP contribution in [0.1, 0.15) is 37.5 Å². The van der Waals surface area contributed by atoms with E-state index in [1.165, 1.54) is 0 Å². The van der Waals surface area contributed by atoms with Crippen LogP contribution in [0.15, 0.2) is 48.5 Å². The lowest BCUT2D eigenvalue weighted by Crippen LogP contribution is -2.52. The molecule has 0 aromatic heterocycles. The Balaban J connectivity index is 1.83. The number of para-hydroxylation sites is 1. The maximum atomic E-state index is 12.8. The molecule has 146 valence electrons. The van der Waals surface area contributed by atoms with Crippen LogP contribution < -0.4 is 10.2 Å². The predicted octanol–water partition coefficient (Wildman–Crippen LogP) is 4.27. The molecule has 0 bridgehead atoms. The highest BCUT2D eigenvalue weighted by atomic mass is 16.6. The van der Waals surface area contributed by atoms with Crippen LogP contribution in [0.2, 0.25) is 0 Å². The Kier molecular flexibility index (Phi) is 5.54. The fourth-order valence-corrected chi connectivity index (χ4v) is 3.28. The van der Waals surface area contributed by atoms with Gasteiger partial charge in [0.05, 0.1) is 5.69 Å². The maximum absolute atomic E-state index is 12.8. The largest absolute Gasteiger partial charge is 0.444 e. The minimum Gasteiger partial charge on any atom is -0.444 e. The number of hydrogen-bond acceptors (Lipinski definition) is 3. The van der Waals surface area contributed by atoms with Crippen molar-refractivity contribution in [2.75, 3.05) is 11.9 Å². The molecule has 0 fully saturated rings. The standard InChI is InChI=1S/C23H26N2O3/c1-23(2,3)28-22(27)24-19-15-18-12-8-11-17(20(18)25(4)21(19)26)14-13-16-9-6-5-7-10-16/h5-14,19H,15H2,1-4H3,(H,24,27)/b14-13+/t19-/m1/s1. The van der Waals surface area contributed by atoms with Gasteiger partial charge in [0, 0.05) is 13.5 Å². The summed E-state index contributed by atoms with van der Waals surface area (Å²) in [5.41, 5.74) is 3.34. The molecule has 1 atom stereocenters. The number of carbonyl (C=O) groups is 2. The Morgan fingerprint density at radius 3 is 2.50 bits per heavy atom. The molecule has 0 unspecified atom stereocenters. The molecule has 28 heavy (non-hydrogen) atoms. The number of carbonyl (C=O) groups excluding carboxylic acids is 2. The van der Waals surface area contributed by atoms with Crippen LogP contribution in [-0.2, 0) is 16.0 Å². The van der Waals surface area contributed by atoms with Gasteiger partial charge < -0.3 is 15.0 Å². The molecule has 0 saturated heterocycles. The van der Waals surface area contributed by atoms with Crippen LogP contribution in [0.3, 0.4) is 0 Å². The molecule has 1 aliphatic heterocycles. The van der Waals surface area contributed by atoms with E-state index in [1.807, 2.05) is 60.7 Å². The zero-order chi connectivity index (χ0) is 20.3. The number of anilines is 1. The number of amides is 2. The highest BCUT2D eigenvalue weighted by Crippen LogP contribution is 2.32. The van der Waals surface area contributed by atoms with Gasteiger partial charge in [-0.2, -0.15) is 0 Å². The van der Waals surface area contributed by atoms with Crippen molar-refractivity contribution in [2.24, 2.45) is 0 Å². The second kappa shape index (κ2) is 7.89. The van der Waals surface area contributed by atoms with Gasteiger partial charge >= 0.3 is 6.09 Å². The highest BCUT2D eigenvalue weighted by Gasteiger charge is 2.33. The molecule has 0 spiro atoms. The number of ether oxygens (including phenoxy) is 1. The molecule has 1 aliphatic rings. The number of nitrogens with one attached hydrogen (secondary N) is 1. The summed E-state index contributed by atoms with van der Waals surface area (Å²) in [5, 5.41) is 2.70. The molecule has 0 saturated carbocycles. The van der Waals surface area contributed by atoms with Gasteiger partial charge in [-0.15, -0.1) is 0 Å². The highest BCUT2D eigenvalue weighted by molar-refractivity contribution is 6.03. The summed E-state index contributed by atoms with van der Waals surface area (Å²) in [6.07, 6.45) is 3.89. The van der Waals surface area contributed by atoms with Crippen LogP contribution in [-0.4, -0.2) is 30.7 Å². The summed E-state index contributed by atoms with van der Waals surface area (Å²) < 4.78 is 5.29. The van der Waals surface area contributed by atoms with Crippen molar-refractivity contribution in [2.45, 2.75) is 38.8 Å². The quantitative estimate of drug-likeness (QED) is 0.812. The van der Waals surface area contributed by atoms with Crippen molar-refractivity contribution in [1.82, 2.24) is 5.32 Å². The van der Waals surface area contributed by atoms with E-state index in [0.29, 0.717) is 6.42 Å². The Bertz CT molecular complexity index is 898. The number of nitrogens with zero attached hydrogens (tertiary/aromatic N) is 1. The summed E-state index contributed by atoms with van der Waals surface area (Å²) in [6.45, 7) is 5.38. The predicted molar refractivity (Wildman–Crippen MR) is 112 cm³/mol. The second-order valence-electron chi connectivity index (χ2n) is 7.90. The average molecular weight is 378 g/mol. The van der Waals surface area contributed by atoms with E-state index in [2.05, 4.69) is 5.32 Å². The van der Waals surface area contributed by atoms with Gasteiger partial charge in [-0.25, -0.2) is 4.79 Å². The molecule has 3 rings (SSSR count). The number of benzene rings is 2. The first-order valence-electron chi connectivity index (χ1n) is 9.37. The molecular weight excluding hydrogens is 352 g/mol. The van der Waals surface area contributed by atoms with Crippen molar-refractivity contribution < 1.29 is 14.3 Å². The van der Waals surface area contributed by atoms with Gasteiger partial charge in [0.2, 0.25) is 5.91 Å². The van der Waals surface area contributed by atoms with Crippen LogP contribution in [0.5, 0.6) is 0 Å². The molecule has 5 nitrogen and oxygen atoms in total. The third kappa shape index (κ3) is 4.60. The molecule has 1 heterocycles. The van der Waals surface area contributed by atoms with E-state index in [9.17, 15) is 9.59 Å². The average Bonchev–Trinajstić information content (AvgIpc) is 2.63.